The normalized spacial score (nSPS) is 33.3. The molecule has 3 aliphatic heterocycles. The third-order valence-electron chi connectivity index (χ3n) is 4.77. The lowest BCUT2D eigenvalue weighted by molar-refractivity contribution is -0.127. The van der Waals surface area contributed by atoms with Gasteiger partial charge >= 0.3 is 16.4 Å². The van der Waals surface area contributed by atoms with Crippen molar-refractivity contribution in [1.82, 2.24) is 20.6 Å². The number of halogens is 1. The van der Waals surface area contributed by atoms with Crippen LogP contribution in [0.2, 0.25) is 0 Å². The third kappa shape index (κ3) is 4.02. The maximum Gasteiger partial charge on any atom is 0.418 e. The van der Waals surface area contributed by atoms with Crippen molar-refractivity contribution in [3.63, 3.8) is 0 Å². The number of amides is 3. The van der Waals surface area contributed by atoms with Gasteiger partial charge in [0.15, 0.2) is 0 Å². The molecule has 0 spiro atoms. The van der Waals surface area contributed by atoms with Gasteiger partial charge in [-0.15, -0.1) is 4.28 Å². The van der Waals surface area contributed by atoms with E-state index in [1.165, 1.54) is 4.90 Å². The molecule has 4 atom stereocenters. The fourth-order valence-electron chi connectivity index (χ4n) is 3.56. The van der Waals surface area contributed by atoms with Gasteiger partial charge in [-0.2, -0.15) is 13.5 Å². The Morgan fingerprint density at radius 3 is 2.84 bits per heavy atom. The molecule has 142 valence electrons. The van der Waals surface area contributed by atoms with E-state index in [1.54, 1.807) is 0 Å². The Bertz CT molecular complexity index is 646. The summed E-state index contributed by atoms with van der Waals surface area (Å²) in [6.45, 7) is 0.957. The van der Waals surface area contributed by atoms with Crippen molar-refractivity contribution < 1.29 is 31.2 Å². The van der Waals surface area contributed by atoms with Crippen LogP contribution in [-0.4, -0.2) is 78.8 Å². The van der Waals surface area contributed by atoms with Crippen LogP contribution in [0.4, 0.5) is 9.18 Å². The number of carbonyl (C=O) groups excluding carboxylic acids is 2. The number of rotatable bonds is 4. The van der Waals surface area contributed by atoms with E-state index in [9.17, 15) is 22.4 Å². The number of carbonyl (C=O) groups is 2. The number of piperidine rings is 1. The monoisotopic (exact) mass is 380 g/mol. The summed E-state index contributed by atoms with van der Waals surface area (Å²) in [7, 11) is -4.83. The van der Waals surface area contributed by atoms with E-state index >= 15 is 0 Å². The number of nitrogens with zero attached hydrogens (tertiary/aromatic N) is 2. The van der Waals surface area contributed by atoms with Gasteiger partial charge in [0, 0.05) is 13.1 Å². The molecule has 0 aromatic rings. The number of hydroxylamine groups is 2. The summed E-state index contributed by atoms with van der Waals surface area (Å²) in [6, 6.07) is -2.81. The number of hydrogen-bond acceptors (Lipinski definition) is 6. The topological polar surface area (TPSA) is 128 Å². The van der Waals surface area contributed by atoms with Crippen LogP contribution in [0.1, 0.15) is 25.7 Å². The van der Waals surface area contributed by atoms with Gasteiger partial charge in [0.1, 0.15) is 12.2 Å². The predicted octanol–water partition coefficient (Wildman–Crippen LogP) is -0.804. The number of nitrogens with one attached hydrogen (secondary N) is 2. The van der Waals surface area contributed by atoms with Crippen molar-refractivity contribution in [3.05, 3.63) is 0 Å². The maximum absolute atomic E-state index is 14.1. The molecule has 0 aromatic carbocycles. The van der Waals surface area contributed by atoms with Gasteiger partial charge in [0.2, 0.25) is 5.91 Å². The highest BCUT2D eigenvalue weighted by molar-refractivity contribution is 7.80. The van der Waals surface area contributed by atoms with Gasteiger partial charge in [-0.25, -0.2) is 9.18 Å². The minimum atomic E-state index is -4.83. The molecule has 3 saturated heterocycles. The van der Waals surface area contributed by atoms with Crippen LogP contribution in [0.3, 0.4) is 0 Å². The van der Waals surface area contributed by atoms with Gasteiger partial charge in [-0.3, -0.25) is 9.35 Å². The molecule has 3 heterocycles. The molecule has 3 aliphatic rings. The van der Waals surface area contributed by atoms with Crippen molar-refractivity contribution in [3.8, 4) is 0 Å². The number of hydrogen-bond donors (Lipinski definition) is 3. The third-order valence-corrected chi connectivity index (χ3v) is 5.12. The van der Waals surface area contributed by atoms with Crippen molar-refractivity contribution in [2.24, 2.45) is 0 Å². The van der Waals surface area contributed by atoms with Gasteiger partial charge in [0.05, 0.1) is 12.1 Å². The fraction of sp³-hybridized carbons (Fsp3) is 0.846. The summed E-state index contributed by atoms with van der Waals surface area (Å²) in [5.41, 5.74) is 0. The predicted molar refractivity (Wildman–Crippen MR) is 82.3 cm³/mol. The molecular formula is C13H21FN4O6S. The summed E-state index contributed by atoms with van der Waals surface area (Å²) >= 11 is 0. The van der Waals surface area contributed by atoms with Crippen LogP contribution in [0.5, 0.6) is 0 Å². The van der Waals surface area contributed by atoms with Crippen LogP contribution >= 0.6 is 0 Å². The zero-order valence-electron chi connectivity index (χ0n) is 13.4. The minimum Gasteiger partial charge on any atom is -0.349 e. The molecule has 12 heteroatoms. The van der Waals surface area contributed by atoms with Crippen LogP contribution in [-0.2, 0) is 19.5 Å². The first kappa shape index (κ1) is 18.3. The molecule has 10 nitrogen and oxygen atoms in total. The van der Waals surface area contributed by atoms with Crippen molar-refractivity contribution in [2.75, 3.05) is 19.6 Å². The summed E-state index contributed by atoms with van der Waals surface area (Å²) in [6.07, 6.45) is 0.658. The van der Waals surface area contributed by atoms with Crippen molar-refractivity contribution >= 4 is 22.3 Å². The smallest absolute Gasteiger partial charge is 0.349 e. The van der Waals surface area contributed by atoms with Crippen LogP contribution < -0.4 is 10.6 Å². The Morgan fingerprint density at radius 1 is 1.36 bits per heavy atom. The van der Waals surface area contributed by atoms with Crippen LogP contribution in [0.15, 0.2) is 0 Å². The Balaban J connectivity index is 1.66. The second-order valence-corrected chi connectivity index (χ2v) is 7.49. The first-order valence-electron chi connectivity index (χ1n) is 8.18. The first-order chi connectivity index (χ1) is 11.8. The summed E-state index contributed by atoms with van der Waals surface area (Å²) in [5, 5.41) is 6.20. The molecule has 2 bridgehead atoms. The average Bonchev–Trinajstić information content (AvgIpc) is 2.68. The van der Waals surface area contributed by atoms with Gasteiger partial charge in [-0.05, 0) is 32.2 Å². The van der Waals surface area contributed by atoms with Crippen LogP contribution in [0, 0.1) is 0 Å². The van der Waals surface area contributed by atoms with Crippen LogP contribution in [0.25, 0.3) is 0 Å². The van der Waals surface area contributed by atoms with Crippen molar-refractivity contribution in [1.29, 1.82) is 0 Å². The highest BCUT2D eigenvalue weighted by Gasteiger charge is 2.49. The van der Waals surface area contributed by atoms with E-state index < -0.39 is 46.6 Å². The molecule has 3 N–H and O–H groups in total. The van der Waals surface area contributed by atoms with E-state index in [-0.39, 0.29) is 13.1 Å². The molecular weight excluding hydrogens is 359 g/mol. The molecule has 25 heavy (non-hydrogen) atoms. The molecule has 0 aliphatic carbocycles. The number of urea groups is 1. The summed E-state index contributed by atoms with van der Waals surface area (Å²) in [5.74, 6) is -0.463. The molecule has 0 radical (unpaired) electrons. The lowest BCUT2D eigenvalue weighted by Crippen LogP contribution is -2.54. The second-order valence-electron chi connectivity index (χ2n) is 6.49. The largest absolute Gasteiger partial charge is 0.418 e. The van der Waals surface area contributed by atoms with Gasteiger partial charge in [-0.1, -0.05) is 0 Å². The van der Waals surface area contributed by atoms with E-state index in [2.05, 4.69) is 14.9 Å². The highest BCUT2D eigenvalue weighted by Crippen LogP contribution is 2.31. The Labute approximate surface area is 144 Å². The summed E-state index contributed by atoms with van der Waals surface area (Å²) in [4.78, 5) is 26.0. The van der Waals surface area contributed by atoms with Crippen molar-refractivity contribution in [2.45, 2.75) is 50.0 Å². The SMILES string of the molecule is O=C(N[C@@H]1CCCNC[C@@H]1F)[C@@H]1CCC2CN1C(=O)N2OS(=O)(=O)O. The van der Waals surface area contributed by atoms with E-state index in [4.69, 9.17) is 4.55 Å². The second kappa shape index (κ2) is 7.02. The quantitative estimate of drug-likeness (QED) is 0.545. The fourth-order valence-corrected chi connectivity index (χ4v) is 3.94. The molecule has 0 saturated carbocycles. The molecule has 3 amide bonds. The summed E-state index contributed by atoms with van der Waals surface area (Å²) < 4.78 is 48.9. The maximum atomic E-state index is 14.1. The molecule has 3 rings (SSSR count). The molecule has 3 fully saturated rings. The lowest BCUT2D eigenvalue weighted by Gasteiger charge is -2.31. The minimum absolute atomic E-state index is 0.109. The Hall–Kier alpha value is -1.50. The standard InChI is InChI=1S/C13H21FN4O6S/c14-9-6-15-5-1-2-10(9)16-12(19)11-4-3-8-7-17(11)13(20)18(8)24-25(21,22)23/h8-11,15H,1-7H2,(H,16,19)(H,21,22,23)/t8?,9-,10+,11-/m0/s1. The zero-order valence-corrected chi connectivity index (χ0v) is 14.2. The average molecular weight is 380 g/mol. The number of alkyl halides is 1. The van der Waals surface area contributed by atoms with E-state index in [0.717, 1.165) is 6.42 Å². The molecule has 1 unspecified atom stereocenters. The Kier molecular flexibility index (Phi) is 5.14. The lowest BCUT2D eigenvalue weighted by atomic mass is 9.99. The Morgan fingerprint density at radius 2 is 2.12 bits per heavy atom. The molecule has 0 aromatic heterocycles. The van der Waals surface area contributed by atoms with Gasteiger partial charge < -0.3 is 15.5 Å². The van der Waals surface area contributed by atoms with E-state index in [1.807, 2.05) is 0 Å². The van der Waals surface area contributed by atoms with E-state index in [0.29, 0.717) is 30.9 Å². The highest BCUT2D eigenvalue weighted by atomic mass is 32.3. The van der Waals surface area contributed by atoms with Gasteiger partial charge in [0.25, 0.3) is 0 Å². The zero-order chi connectivity index (χ0) is 18.2. The number of fused-ring (bicyclic) bond motifs is 2. The first-order valence-corrected chi connectivity index (χ1v) is 9.55.